The molecule has 0 aromatic heterocycles. The molecule has 0 bridgehead atoms. The van der Waals surface area contributed by atoms with Gasteiger partial charge in [0.25, 0.3) is 0 Å². The zero-order valence-electron chi connectivity index (χ0n) is 9.96. The topological polar surface area (TPSA) is 0 Å². The van der Waals surface area contributed by atoms with Gasteiger partial charge < -0.3 is 0 Å². The van der Waals surface area contributed by atoms with E-state index in [-0.39, 0.29) is 0 Å². The zero-order chi connectivity index (χ0) is 11.3. The lowest BCUT2D eigenvalue weighted by atomic mass is 10.1. The molecule has 2 rings (SSSR count). The molecule has 0 spiro atoms. The first-order valence-corrected chi connectivity index (χ1v) is 6.40. The number of allylic oxidation sites excluding steroid dienone is 2. The summed E-state index contributed by atoms with van der Waals surface area (Å²) in [5.41, 5.74) is 4.25. The summed E-state index contributed by atoms with van der Waals surface area (Å²) in [5.74, 6) is 0. The smallest absolute Gasteiger partial charge is 0.0892 e. The van der Waals surface area contributed by atoms with Crippen LogP contribution in [0.5, 0.6) is 0 Å². The quantitative estimate of drug-likeness (QED) is 0.617. The van der Waals surface area contributed by atoms with Crippen LogP contribution in [0.4, 0.5) is 0 Å². The number of hydrogen-bond donors (Lipinski definition) is 0. The van der Waals surface area contributed by atoms with E-state index in [9.17, 15) is 0 Å². The minimum atomic E-state index is 0.534. The van der Waals surface area contributed by atoms with Crippen LogP contribution in [0.1, 0.15) is 49.5 Å². The molecule has 0 heterocycles. The highest BCUT2D eigenvalue weighted by Gasteiger charge is 2.14. The Hall–Kier alpha value is -0.508. The average Bonchev–Trinajstić information content (AvgIpc) is 2.56. The molecule has 0 amide bonds. The second-order valence-corrected chi connectivity index (χ2v) is 4.68. The second kappa shape index (κ2) is 6.16. The highest BCUT2D eigenvalue weighted by atomic mass is 27.0. The summed E-state index contributed by atoms with van der Waals surface area (Å²) >= 11 is 2.85. The summed E-state index contributed by atoms with van der Waals surface area (Å²) in [5, 5.41) is 0. The van der Waals surface area contributed by atoms with Crippen LogP contribution in [-0.4, -0.2) is 16.3 Å². The highest BCUT2D eigenvalue weighted by Crippen LogP contribution is 2.32. The fourth-order valence-electron chi connectivity index (χ4n) is 1.60. The van der Waals surface area contributed by atoms with Gasteiger partial charge in [-0.2, -0.15) is 0 Å². The van der Waals surface area contributed by atoms with Crippen molar-refractivity contribution >= 4 is 21.9 Å². The Labute approximate surface area is 102 Å². The lowest BCUT2D eigenvalue weighted by Gasteiger charge is -2.03. The van der Waals surface area contributed by atoms with Crippen LogP contribution in [0.2, 0.25) is 0 Å². The van der Waals surface area contributed by atoms with Crippen molar-refractivity contribution < 1.29 is 0 Å². The molecule has 15 heavy (non-hydrogen) atoms. The monoisotopic (exact) mass is 214 g/mol. The van der Waals surface area contributed by atoms with Crippen LogP contribution in [0, 0.1) is 0 Å². The molecule has 1 aromatic carbocycles. The van der Waals surface area contributed by atoms with E-state index in [2.05, 4.69) is 67.4 Å². The Bertz CT molecular complexity index is 337. The van der Waals surface area contributed by atoms with Crippen molar-refractivity contribution in [3.8, 4) is 0 Å². The molecule has 2 radical (unpaired) electrons. The van der Waals surface area contributed by atoms with Crippen molar-refractivity contribution in [3.63, 3.8) is 0 Å². The molecule has 0 fully saturated rings. The van der Waals surface area contributed by atoms with Gasteiger partial charge in [-0.25, -0.2) is 0 Å². The van der Waals surface area contributed by atoms with E-state index in [4.69, 9.17) is 0 Å². The molecule has 78 valence electrons. The number of fused-ring (bicyclic) bond motifs is 1. The first-order chi connectivity index (χ1) is 7.20. The predicted octanol–water partition coefficient (Wildman–Crippen LogP) is 4.12. The van der Waals surface area contributed by atoms with Gasteiger partial charge >= 0.3 is 0 Å². The normalized spacial score (nSPS) is 17.5. The van der Waals surface area contributed by atoms with E-state index >= 15 is 0 Å². The molecule has 1 aliphatic rings. The second-order valence-electron chi connectivity index (χ2n) is 3.96. The molecular weight excluding hydrogens is 195 g/mol. The summed E-state index contributed by atoms with van der Waals surface area (Å²) in [7, 11) is 0. The molecule has 1 unspecified atom stereocenters. The molecular formula is C14H19Al. The molecule has 1 aliphatic carbocycles. The maximum Gasteiger partial charge on any atom is 0.138 e. The van der Waals surface area contributed by atoms with Crippen LogP contribution in [0.15, 0.2) is 30.3 Å². The fraction of sp³-hybridized carbons (Fsp3) is 0.429. The maximum atomic E-state index is 2.85. The molecule has 0 saturated heterocycles. The Kier molecular flexibility index (Phi) is 5.16. The largest absolute Gasteiger partial charge is 0.138 e. The summed E-state index contributed by atoms with van der Waals surface area (Å²) in [6, 6.07) is 8.58. The van der Waals surface area contributed by atoms with Gasteiger partial charge in [-0.1, -0.05) is 61.8 Å². The number of benzene rings is 1. The van der Waals surface area contributed by atoms with E-state index in [1.807, 2.05) is 0 Å². The van der Waals surface area contributed by atoms with Gasteiger partial charge in [0.15, 0.2) is 0 Å². The van der Waals surface area contributed by atoms with Gasteiger partial charge in [0.1, 0.15) is 16.3 Å². The van der Waals surface area contributed by atoms with E-state index in [0.29, 0.717) is 4.78 Å². The average molecular weight is 214 g/mol. The van der Waals surface area contributed by atoms with Crippen molar-refractivity contribution in [2.24, 2.45) is 0 Å². The summed E-state index contributed by atoms with van der Waals surface area (Å²) in [6.07, 6.45) is 4.93. The lowest BCUT2D eigenvalue weighted by Crippen LogP contribution is -1.89. The van der Waals surface area contributed by atoms with Crippen molar-refractivity contribution in [2.45, 2.75) is 38.4 Å². The van der Waals surface area contributed by atoms with Gasteiger partial charge in [0.2, 0.25) is 0 Å². The Morgan fingerprint density at radius 2 is 1.73 bits per heavy atom. The Balaban J connectivity index is 0.000000245. The molecule has 0 nitrogen and oxygen atoms in total. The van der Waals surface area contributed by atoms with Crippen LogP contribution in [0.25, 0.3) is 5.57 Å². The molecule has 1 aromatic rings. The standard InChI is InChI=1S/C10H9.C4H10.Al/c1-8-6-7-9-4-2-3-5-10(8)9;1-3-4-2;/h2-7H,1H3;3-4H2,1-2H3;. The summed E-state index contributed by atoms with van der Waals surface area (Å²) < 4.78 is 0.534. The third kappa shape index (κ3) is 3.23. The van der Waals surface area contributed by atoms with Crippen LogP contribution < -0.4 is 0 Å². The van der Waals surface area contributed by atoms with Crippen molar-refractivity contribution in [2.75, 3.05) is 0 Å². The summed E-state index contributed by atoms with van der Waals surface area (Å²) in [4.78, 5) is 0. The number of unbranched alkanes of at least 4 members (excludes halogenated alkanes) is 1. The van der Waals surface area contributed by atoms with E-state index < -0.39 is 0 Å². The number of hydrogen-bond acceptors (Lipinski definition) is 0. The van der Waals surface area contributed by atoms with Gasteiger partial charge in [-0.3, -0.25) is 0 Å². The molecule has 0 aliphatic heterocycles. The minimum Gasteiger partial charge on any atom is -0.0892 e. The lowest BCUT2D eigenvalue weighted by molar-refractivity contribution is 0.886. The molecule has 0 N–H and O–H groups in total. The van der Waals surface area contributed by atoms with Crippen LogP contribution >= 0.6 is 0 Å². The minimum absolute atomic E-state index is 0.534. The Morgan fingerprint density at radius 1 is 1.13 bits per heavy atom. The van der Waals surface area contributed by atoms with Crippen LogP contribution in [-0.2, 0) is 0 Å². The van der Waals surface area contributed by atoms with Gasteiger partial charge in [0.05, 0.1) is 0 Å². The third-order valence-electron chi connectivity index (χ3n) is 2.67. The molecule has 1 heteroatoms. The SMILES string of the molecule is CC1=C[CH]([Al])c2ccccc21.CCCC. The molecule has 1 atom stereocenters. The predicted molar refractivity (Wildman–Crippen MR) is 69.2 cm³/mol. The van der Waals surface area contributed by atoms with Gasteiger partial charge in [-0.05, 0) is 23.6 Å². The van der Waals surface area contributed by atoms with Crippen molar-refractivity contribution in [1.82, 2.24) is 0 Å². The van der Waals surface area contributed by atoms with Gasteiger partial charge in [-0.15, -0.1) is 0 Å². The van der Waals surface area contributed by atoms with E-state index in [0.717, 1.165) is 0 Å². The van der Waals surface area contributed by atoms with E-state index in [1.54, 1.807) is 0 Å². The summed E-state index contributed by atoms with van der Waals surface area (Å²) in [6.45, 7) is 6.53. The first-order valence-electron chi connectivity index (χ1n) is 5.74. The van der Waals surface area contributed by atoms with Crippen molar-refractivity contribution in [1.29, 1.82) is 0 Å². The third-order valence-corrected chi connectivity index (χ3v) is 3.23. The number of rotatable bonds is 1. The Morgan fingerprint density at radius 3 is 2.27 bits per heavy atom. The fourth-order valence-corrected chi connectivity index (χ4v) is 2.18. The first kappa shape index (κ1) is 12.6. The van der Waals surface area contributed by atoms with E-state index in [1.165, 1.54) is 29.5 Å². The zero-order valence-corrected chi connectivity index (χ0v) is 11.1. The van der Waals surface area contributed by atoms with Gasteiger partial charge in [0, 0.05) is 0 Å². The molecule has 0 saturated carbocycles. The van der Waals surface area contributed by atoms with Crippen LogP contribution in [0.3, 0.4) is 0 Å². The maximum absolute atomic E-state index is 2.85. The highest BCUT2D eigenvalue weighted by molar-refractivity contribution is 6.16. The van der Waals surface area contributed by atoms with Crippen molar-refractivity contribution in [3.05, 3.63) is 41.5 Å².